The summed E-state index contributed by atoms with van der Waals surface area (Å²) in [5.74, 6) is 0.796. The second kappa shape index (κ2) is 7.82. The van der Waals surface area contributed by atoms with Crippen molar-refractivity contribution in [2.24, 2.45) is 11.7 Å². The molecule has 0 saturated carbocycles. The van der Waals surface area contributed by atoms with Gasteiger partial charge in [-0.2, -0.15) is 0 Å². The van der Waals surface area contributed by atoms with E-state index in [-0.39, 0.29) is 5.91 Å². The van der Waals surface area contributed by atoms with Gasteiger partial charge in [-0.15, -0.1) is 0 Å². The summed E-state index contributed by atoms with van der Waals surface area (Å²) in [5, 5.41) is 2.34. The molecule has 0 aromatic rings. The van der Waals surface area contributed by atoms with Gasteiger partial charge in [0.2, 0.25) is 5.91 Å². The third-order valence-corrected chi connectivity index (χ3v) is 3.69. The average molecular weight is 234 g/mol. The van der Waals surface area contributed by atoms with Crippen LogP contribution in [-0.4, -0.2) is 34.2 Å². The molecule has 5 heteroatoms. The van der Waals surface area contributed by atoms with E-state index in [1.807, 2.05) is 13.8 Å². The highest BCUT2D eigenvalue weighted by Gasteiger charge is 2.18. The van der Waals surface area contributed by atoms with E-state index in [0.717, 1.165) is 0 Å². The van der Waals surface area contributed by atoms with Crippen LogP contribution in [0.3, 0.4) is 0 Å². The monoisotopic (exact) mass is 234 g/mol. The maximum absolute atomic E-state index is 11.6. The molecule has 90 valence electrons. The van der Waals surface area contributed by atoms with Crippen molar-refractivity contribution in [1.29, 1.82) is 0 Å². The van der Waals surface area contributed by atoms with Gasteiger partial charge in [0.05, 0.1) is 0 Å². The zero-order valence-electron chi connectivity index (χ0n) is 9.79. The molecule has 0 aromatic heterocycles. The van der Waals surface area contributed by atoms with Crippen LogP contribution in [-0.2, 0) is 15.6 Å². The van der Waals surface area contributed by atoms with E-state index >= 15 is 0 Å². The molecular formula is C10H22N2O2S. The number of hydrogen-bond acceptors (Lipinski definition) is 3. The molecular weight excluding hydrogens is 212 g/mol. The number of nitrogens with two attached hydrogens (primary N) is 1. The van der Waals surface area contributed by atoms with E-state index in [9.17, 15) is 9.00 Å². The van der Waals surface area contributed by atoms with Gasteiger partial charge in [-0.3, -0.25) is 9.00 Å². The van der Waals surface area contributed by atoms with E-state index in [0.29, 0.717) is 31.2 Å². The van der Waals surface area contributed by atoms with Crippen molar-refractivity contribution in [3.05, 3.63) is 0 Å². The Morgan fingerprint density at radius 1 is 1.40 bits per heavy atom. The Bertz CT molecular complexity index is 219. The van der Waals surface area contributed by atoms with Gasteiger partial charge in [-0.25, -0.2) is 0 Å². The molecule has 0 rings (SSSR count). The fourth-order valence-electron chi connectivity index (χ4n) is 0.970. The molecule has 2 unspecified atom stereocenters. The lowest BCUT2D eigenvalue weighted by Crippen LogP contribution is -2.38. The highest BCUT2D eigenvalue weighted by atomic mass is 32.2. The zero-order valence-corrected chi connectivity index (χ0v) is 10.6. The molecule has 0 aliphatic carbocycles. The van der Waals surface area contributed by atoms with Crippen LogP contribution in [0.25, 0.3) is 0 Å². The molecule has 0 fully saturated rings. The van der Waals surface area contributed by atoms with Gasteiger partial charge in [0.15, 0.2) is 0 Å². The molecule has 0 spiro atoms. The number of hydrogen-bond donors (Lipinski definition) is 2. The Morgan fingerprint density at radius 3 is 2.47 bits per heavy atom. The standard InChI is InChI=1S/C10H22N2O2S/c1-8(2)7-12-10(13)9(3)15(14)6-4-5-11/h8-9H,4-7,11H2,1-3H3,(H,12,13). The quantitative estimate of drug-likeness (QED) is 0.663. The Hall–Kier alpha value is -0.420. The van der Waals surface area contributed by atoms with Gasteiger partial charge in [-0.05, 0) is 25.8 Å². The highest BCUT2D eigenvalue weighted by Crippen LogP contribution is 1.99. The largest absolute Gasteiger partial charge is 0.355 e. The maximum Gasteiger partial charge on any atom is 0.235 e. The van der Waals surface area contributed by atoms with Crippen molar-refractivity contribution in [1.82, 2.24) is 5.32 Å². The van der Waals surface area contributed by atoms with Crippen molar-refractivity contribution in [2.45, 2.75) is 32.4 Å². The SMILES string of the molecule is CC(C)CNC(=O)C(C)S(=O)CCCN. The van der Waals surface area contributed by atoms with Crippen LogP contribution in [0.1, 0.15) is 27.2 Å². The first-order valence-corrected chi connectivity index (χ1v) is 6.72. The molecule has 4 nitrogen and oxygen atoms in total. The Balaban J connectivity index is 3.91. The first-order valence-electron chi connectivity index (χ1n) is 5.34. The maximum atomic E-state index is 11.6. The van der Waals surface area contributed by atoms with Crippen molar-refractivity contribution in [3.63, 3.8) is 0 Å². The fraction of sp³-hybridized carbons (Fsp3) is 0.900. The second-order valence-corrected chi connectivity index (χ2v) is 5.89. The van der Waals surface area contributed by atoms with Crippen LogP contribution in [0.15, 0.2) is 0 Å². The molecule has 1 amide bonds. The molecule has 3 N–H and O–H groups in total. The lowest BCUT2D eigenvalue weighted by Gasteiger charge is -2.13. The number of carbonyl (C=O) groups excluding carboxylic acids is 1. The molecule has 2 atom stereocenters. The van der Waals surface area contributed by atoms with Crippen LogP contribution >= 0.6 is 0 Å². The summed E-state index contributed by atoms with van der Waals surface area (Å²) in [4.78, 5) is 11.5. The first kappa shape index (κ1) is 14.6. The predicted octanol–water partition coefficient (Wildman–Crippen LogP) is 0.245. The minimum absolute atomic E-state index is 0.126. The van der Waals surface area contributed by atoms with Gasteiger partial charge < -0.3 is 11.1 Å². The molecule has 0 aromatic carbocycles. The summed E-state index contributed by atoms with van der Waals surface area (Å²) >= 11 is 0. The third-order valence-electron chi connectivity index (χ3n) is 2.00. The summed E-state index contributed by atoms with van der Waals surface area (Å²) in [6, 6.07) is 0. The fourth-order valence-corrected chi connectivity index (χ4v) is 2.10. The summed E-state index contributed by atoms with van der Waals surface area (Å²) in [6.45, 7) is 6.90. The normalized spacial score (nSPS) is 15.0. The van der Waals surface area contributed by atoms with E-state index in [4.69, 9.17) is 5.73 Å². The van der Waals surface area contributed by atoms with Crippen molar-refractivity contribution in [3.8, 4) is 0 Å². The van der Waals surface area contributed by atoms with E-state index in [2.05, 4.69) is 5.32 Å². The van der Waals surface area contributed by atoms with E-state index in [1.165, 1.54) is 0 Å². The van der Waals surface area contributed by atoms with E-state index in [1.54, 1.807) is 6.92 Å². The predicted molar refractivity (Wildman–Crippen MR) is 64.0 cm³/mol. The Labute approximate surface area is 94.4 Å². The van der Waals surface area contributed by atoms with Gasteiger partial charge in [0, 0.05) is 23.1 Å². The lowest BCUT2D eigenvalue weighted by atomic mass is 10.2. The number of nitrogens with one attached hydrogen (secondary N) is 1. The third kappa shape index (κ3) is 6.62. The van der Waals surface area contributed by atoms with Gasteiger partial charge in [0.1, 0.15) is 5.25 Å². The topological polar surface area (TPSA) is 72.2 Å². The van der Waals surface area contributed by atoms with Crippen molar-refractivity contribution in [2.75, 3.05) is 18.8 Å². The highest BCUT2D eigenvalue weighted by molar-refractivity contribution is 7.86. The Kier molecular flexibility index (Phi) is 7.60. The summed E-state index contributed by atoms with van der Waals surface area (Å²) in [7, 11) is -1.10. The molecule has 0 aliphatic heterocycles. The molecule has 0 bridgehead atoms. The zero-order chi connectivity index (χ0) is 11.8. The van der Waals surface area contributed by atoms with Crippen LogP contribution in [0.4, 0.5) is 0 Å². The van der Waals surface area contributed by atoms with Gasteiger partial charge in [-0.1, -0.05) is 13.8 Å². The smallest absolute Gasteiger partial charge is 0.235 e. The second-order valence-electron chi connectivity index (χ2n) is 4.01. The van der Waals surface area contributed by atoms with Crippen molar-refractivity contribution >= 4 is 16.7 Å². The molecule has 0 saturated heterocycles. The van der Waals surface area contributed by atoms with E-state index < -0.39 is 16.0 Å². The Morgan fingerprint density at radius 2 is 2.00 bits per heavy atom. The minimum atomic E-state index is -1.10. The first-order chi connectivity index (χ1) is 6.99. The molecule has 0 radical (unpaired) electrons. The summed E-state index contributed by atoms with van der Waals surface area (Å²) in [5.41, 5.74) is 5.32. The van der Waals surface area contributed by atoms with Gasteiger partial charge >= 0.3 is 0 Å². The molecule has 0 heterocycles. The minimum Gasteiger partial charge on any atom is -0.355 e. The number of rotatable bonds is 7. The van der Waals surface area contributed by atoms with Crippen LogP contribution < -0.4 is 11.1 Å². The summed E-state index contributed by atoms with van der Waals surface area (Å²) in [6.07, 6.45) is 0.703. The number of carbonyl (C=O) groups is 1. The molecule has 0 aliphatic rings. The van der Waals surface area contributed by atoms with Crippen molar-refractivity contribution < 1.29 is 9.00 Å². The average Bonchev–Trinajstić information content (AvgIpc) is 2.21. The van der Waals surface area contributed by atoms with Crippen LogP contribution in [0.5, 0.6) is 0 Å². The van der Waals surface area contributed by atoms with Gasteiger partial charge in [0.25, 0.3) is 0 Å². The number of amides is 1. The molecule has 15 heavy (non-hydrogen) atoms. The lowest BCUT2D eigenvalue weighted by molar-refractivity contribution is -0.120. The van der Waals surface area contributed by atoms with Crippen LogP contribution in [0.2, 0.25) is 0 Å². The summed E-state index contributed by atoms with van der Waals surface area (Å²) < 4.78 is 11.6. The van der Waals surface area contributed by atoms with Crippen LogP contribution in [0, 0.1) is 5.92 Å².